The Balaban J connectivity index is 0.913. The number of piperidine rings is 1. The number of rotatable bonds is 12. The molecule has 1 atom stereocenters. The van der Waals surface area contributed by atoms with Crippen molar-refractivity contribution >= 4 is 57.8 Å². The molecule has 15 nitrogen and oxygen atoms in total. The van der Waals surface area contributed by atoms with Crippen molar-refractivity contribution in [2.24, 2.45) is 5.41 Å². The van der Waals surface area contributed by atoms with Crippen molar-refractivity contribution in [1.82, 2.24) is 24.4 Å². The first-order chi connectivity index (χ1) is 32.0. The zero-order valence-electron chi connectivity index (χ0n) is 39.3. The number of hydrogen-bond donors (Lipinski definition) is 4. The number of anilines is 6. The van der Waals surface area contributed by atoms with E-state index in [1.165, 1.54) is 24.4 Å². The number of methoxy groups -OCH3 is 1. The second-order valence-corrected chi connectivity index (χ2v) is 20.0. The number of hydrogen-bond acceptors (Lipinski definition) is 12. The molecular weight excluding hydrogens is 868 g/mol. The second kappa shape index (κ2) is 18.2. The van der Waals surface area contributed by atoms with Gasteiger partial charge in [-0.15, -0.1) is 0 Å². The van der Waals surface area contributed by atoms with E-state index >= 15 is 0 Å². The smallest absolute Gasteiger partial charge is 0.276 e. The predicted octanol–water partition coefficient (Wildman–Crippen LogP) is 7.55. The lowest BCUT2D eigenvalue weighted by Gasteiger charge is -2.47. The Morgan fingerprint density at radius 2 is 1.82 bits per heavy atom. The summed E-state index contributed by atoms with van der Waals surface area (Å²) in [6.07, 6.45) is 8.39. The van der Waals surface area contributed by atoms with E-state index in [2.05, 4.69) is 67.2 Å². The average Bonchev–Trinajstić information content (AvgIpc) is 3.80. The summed E-state index contributed by atoms with van der Waals surface area (Å²) in [4.78, 5) is 50.1. The number of carbonyl (C=O) groups excluding carboxylic acids is 2. The maximum absolute atomic E-state index is 14.0. The Hall–Kier alpha value is -6.00. The molecule has 3 aliphatic heterocycles. The van der Waals surface area contributed by atoms with Crippen LogP contribution >= 0.6 is 11.6 Å². The summed E-state index contributed by atoms with van der Waals surface area (Å²) >= 11 is 6.44. The quantitative estimate of drug-likeness (QED) is 0.0910. The van der Waals surface area contributed by atoms with E-state index in [9.17, 15) is 19.8 Å². The van der Waals surface area contributed by atoms with E-state index in [1.807, 2.05) is 42.5 Å². The van der Waals surface area contributed by atoms with Crippen LogP contribution in [0.25, 0.3) is 11.3 Å². The third kappa shape index (κ3) is 9.09. The summed E-state index contributed by atoms with van der Waals surface area (Å²) in [6, 6.07) is 16.2. The molecular formula is C51H61ClN10O5. The minimum absolute atomic E-state index is 0.144. The Labute approximate surface area is 397 Å². The summed E-state index contributed by atoms with van der Waals surface area (Å²) in [6.45, 7) is 19.0. The second-order valence-electron chi connectivity index (χ2n) is 19.6. The van der Waals surface area contributed by atoms with Crippen LogP contribution in [0.2, 0.25) is 5.02 Å². The number of amides is 2. The molecule has 6 heterocycles. The molecule has 5 aromatic rings. The van der Waals surface area contributed by atoms with E-state index in [0.717, 1.165) is 75.3 Å². The fourth-order valence-corrected chi connectivity index (χ4v) is 10.9. The molecule has 9 rings (SSSR count). The summed E-state index contributed by atoms with van der Waals surface area (Å²) in [5.41, 5.74) is 7.73. The Morgan fingerprint density at radius 1 is 1.03 bits per heavy atom. The Morgan fingerprint density at radius 3 is 2.54 bits per heavy atom. The fourth-order valence-electron chi connectivity index (χ4n) is 10.6. The molecule has 1 aliphatic carbocycles. The van der Waals surface area contributed by atoms with Crippen LogP contribution < -0.4 is 30.1 Å². The summed E-state index contributed by atoms with van der Waals surface area (Å²) < 4.78 is 7.82. The number of nitrogens with one attached hydrogen (secondary N) is 2. The number of carbonyl (C=O) groups is 2. The van der Waals surface area contributed by atoms with Gasteiger partial charge in [-0.2, -0.15) is 0 Å². The van der Waals surface area contributed by atoms with E-state index in [0.29, 0.717) is 69.7 Å². The van der Waals surface area contributed by atoms with Gasteiger partial charge in [0, 0.05) is 103 Å². The Bertz CT molecular complexity index is 2720. The number of nitrogens with zero attached hydrogens (tertiary/aromatic N) is 8. The first-order valence-corrected chi connectivity index (χ1v) is 23.6. The highest BCUT2D eigenvalue weighted by atomic mass is 35.5. The maximum Gasteiger partial charge on any atom is 0.276 e. The number of aliphatic hydroxyl groups excluding tert-OH is 1. The lowest BCUT2D eigenvalue weighted by molar-refractivity contribution is -0.111. The molecule has 2 saturated heterocycles. The number of piperazine rings is 1. The molecule has 4 N–H and O–H groups in total. The number of fused-ring (bicyclic) bond motifs is 3. The zero-order valence-corrected chi connectivity index (χ0v) is 40.0. The van der Waals surface area contributed by atoms with Gasteiger partial charge in [0.25, 0.3) is 11.8 Å². The highest BCUT2D eigenvalue weighted by Gasteiger charge is 2.38. The summed E-state index contributed by atoms with van der Waals surface area (Å²) in [5.74, 6) is 0.483. The number of halogens is 1. The van der Waals surface area contributed by atoms with Crippen molar-refractivity contribution in [3.05, 3.63) is 107 Å². The van der Waals surface area contributed by atoms with Crippen molar-refractivity contribution in [3.8, 4) is 17.1 Å². The number of aromatic nitrogens is 4. The van der Waals surface area contributed by atoms with Gasteiger partial charge in [-0.25, -0.2) is 15.0 Å². The van der Waals surface area contributed by atoms with E-state index in [-0.39, 0.29) is 35.8 Å². The Kier molecular flexibility index (Phi) is 12.6. The maximum atomic E-state index is 14.0. The van der Waals surface area contributed by atoms with Gasteiger partial charge < -0.3 is 40.0 Å². The third-order valence-electron chi connectivity index (χ3n) is 13.9. The fraction of sp³-hybridized carbons (Fsp3) is 0.431. The molecule has 2 aromatic carbocycles. The molecule has 2 amide bonds. The molecule has 352 valence electrons. The summed E-state index contributed by atoms with van der Waals surface area (Å²) in [7, 11) is 1.52. The number of aliphatic hydroxyl groups is 2. The van der Waals surface area contributed by atoms with Crippen LogP contribution in [0.15, 0.2) is 73.6 Å². The molecule has 0 bridgehead atoms. The normalized spacial score (nSPS) is 18.7. The first kappa shape index (κ1) is 46.1. The lowest BCUT2D eigenvalue weighted by Crippen LogP contribution is -2.57. The topological polar surface area (TPSA) is 164 Å². The van der Waals surface area contributed by atoms with Crippen LogP contribution in [0.3, 0.4) is 0 Å². The number of benzene rings is 2. The summed E-state index contributed by atoms with van der Waals surface area (Å²) in [5, 5.41) is 28.5. The van der Waals surface area contributed by atoms with Gasteiger partial charge in [0.1, 0.15) is 11.5 Å². The number of pyridine rings is 1. The molecule has 2 fully saturated rings. The van der Waals surface area contributed by atoms with Gasteiger partial charge in [-0.3, -0.25) is 19.4 Å². The van der Waals surface area contributed by atoms with Gasteiger partial charge in [0.15, 0.2) is 5.82 Å². The largest absolute Gasteiger partial charge is 0.478 e. The van der Waals surface area contributed by atoms with Crippen LogP contribution in [0, 0.1) is 5.41 Å². The lowest BCUT2D eigenvalue weighted by atomic mass is 9.90. The predicted molar refractivity (Wildman–Crippen MR) is 264 cm³/mol. The molecule has 4 aliphatic rings. The molecule has 0 saturated carbocycles. The van der Waals surface area contributed by atoms with Crippen LogP contribution in [-0.2, 0) is 36.4 Å². The minimum atomic E-state index is -1.02. The highest BCUT2D eigenvalue weighted by molar-refractivity contribution is 6.31. The first-order valence-electron chi connectivity index (χ1n) is 23.2. The molecule has 67 heavy (non-hydrogen) atoms. The monoisotopic (exact) mass is 928 g/mol. The van der Waals surface area contributed by atoms with Crippen LogP contribution in [-0.4, -0.2) is 105 Å². The van der Waals surface area contributed by atoms with E-state index in [1.54, 1.807) is 37.2 Å². The molecule has 0 spiro atoms. The van der Waals surface area contributed by atoms with Crippen molar-refractivity contribution in [1.29, 1.82) is 0 Å². The average molecular weight is 930 g/mol. The third-order valence-corrected chi connectivity index (χ3v) is 14.2. The van der Waals surface area contributed by atoms with E-state index in [4.69, 9.17) is 21.3 Å². The highest BCUT2D eigenvalue weighted by Crippen LogP contribution is 2.41. The molecule has 3 aromatic heterocycles. The van der Waals surface area contributed by atoms with Crippen molar-refractivity contribution in [2.75, 3.05) is 71.7 Å². The van der Waals surface area contributed by atoms with Gasteiger partial charge in [0.2, 0.25) is 5.91 Å². The van der Waals surface area contributed by atoms with Crippen LogP contribution in [0.4, 0.5) is 34.4 Å². The standard InChI is InChI=1S/C51H61ClN10O5/c1-8-45(64)56-40-24-33(9-12-42(40)60-20-19-59(29-31(60)2)34-14-17-58(18-15-34)35-10-11-39(52)38(25-35)51(5,6)66)55-46-48(67-7)54-28-41(57-46)36-13-16-53-47(37(36)30-63)62-22-21-61-43(49(62)65)23-32-26-50(3,4)27-44(32)61/h8-13,16,23-25,28,31,34,63,66H,1,14-15,17-22,26-27,29-30H2,2-7H3,(H,55,57)(H,56,64). The van der Waals surface area contributed by atoms with Crippen molar-refractivity contribution in [3.63, 3.8) is 0 Å². The van der Waals surface area contributed by atoms with Gasteiger partial charge in [-0.05, 0) is 112 Å². The van der Waals surface area contributed by atoms with Crippen molar-refractivity contribution < 1.29 is 24.5 Å². The van der Waals surface area contributed by atoms with Crippen LogP contribution in [0.1, 0.15) is 80.3 Å². The van der Waals surface area contributed by atoms with Gasteiger partial charge in [-0.1, -0.05) is 32.0 Å². The number of ether oxygens (including phenoxy) is 1. The molecule has 1 unspecified atom stereocenters. The minimum Gasteiger partial charge on any atom is -0.478 e. The molecule has 16 heteroatoms. The van der Waals surface area contributed by atoms with Crippen molar-refractivity contribution in [2.45, 2.75) is 91.1 Å². The van der Waals surface area contributed by atoms with Crippen LogP contribution in [0.5, 0.6) is 5.88 Å². The zero-order chi connectivity index (χ0) is 47.4. The molecule has 0 radical (unpaired) electrons. The van der Waals surface area contributed by atoms with Gasteiger partial charge in [0.05, 0.1) is 42.6 Å². The van der Waals surface area contributed by atoms with Gasteiger partial charge >= 0.3 is 0 Å². The SMILES string of the molecule is C=CC(=O)Nc1cc(Nc2nc(-c3ccnc(N4CCn5c(cc6c5CC(C)(C)C6)C4=O)c3CO)cnc2OC)ccc1N1CCN(C2CCN(c3ccc(Cl)c(C(C)(C)O)c3)CC2)CC1C. The van der Waals surface area contributed by atoms with E-state index < -0.39 is 5.60 Å².